The first-order valence-corrected chi connectivity index (χ1v) is 6.34. The van der Waals surface area contributed by atoms with Crippen molar-refractivity contribution in [2.75, 3.05) is 13.1 Å². The van der Waals surface area contributed by atoms with E-state index >= 15 is 0 Å². The zero-order valence-electron chi connectivity index (χ0n) is 8.81. The number of benzene rings is 1. The first-order valence-electron chi connectivity index (χ1n) is 4.80. The molecule has 0 atom stereocenters. The lowest BCUT2D eigenvalue weighted by molar-refractivity contribution is 0.597. The third-order valence-corrected chi connectivity index (χ3v) is 3.00. The number of hydrogen-bond donors (Lipinski definition) is 2. The number of rotatable bonds is 5. The van der Waals surface area contributed by atoms with E-state index in [9.17, 15) is 8.42 Å². The maximum absolute atomic E-state index is 11.0. The summed E-state index contributed by atoms with van der Waals surface area (Å²) in [5, 5.41) is 8.03. The normalized spacial score (nSPS) is 11.0. The summed E-state index contributed by atoms with van der Waals surface area (Å²) in [5.41, 5.74) is 1.04. The zero-order chi connectivity index (χ0) is 12.0. The van der Waals surface area contributed by atoms with Gasteiger partial charge in [0.05, 0.1) is 11.4 Å². The molecule has 16 heavy (non-hydrogen) atoms. The molecule has 0 amide bonds. The van der Waals surface area contributed by atoms with Crippen LogP contribution in [-0.4, -0.2) is 21.5 Å². The molecule has 1 rings (SSSR count). The molecule has 0 aliphatic carbocycles. The molecule has 0 spiro atoms. The second-order valence-corrected chi connectivity index (χ2v) is 4.88. The van der Waals surface area contributed by atoms with E-state index in [2.05, 4.69) is 11.2 Å². The highest BCUT2D eigenvalue weighted by Crippen LogP contribution is 2.08. The van der Waals surface area contributed by atoms with Crippen molar-refractivity contribution in [2.45, 2.75) is 11.3 Å². The van der Waals surface area contributed by atoms with Gasteiger partial charge in [0.25, 0.3) is 0 Å². The second kappa shape index (κ2) is 5.66. The molecule has 0 bridgehead atoms. The van der Waals surface area contributed by atoms with Crippen molar-refractivity contribution >= 4 is 10.0 Å². The van der Waals surface area contributed by atoms with Crippen LogP contribution in [-0.2, 0) is 16.4 Å². The van der Waals surface area contributed by atoms with Crippen LogP contribution in [0.2, 0.25) is 0 Å². The third kappa shape index (κ3) is 4.03. The largest absolute Gasteiger partial charge is 0.306 e. The Morgan fingerprint density at radius 3 is 2.44 bits per heavy atom. The number of sulfonamides is 1. The smallest absolute Gasteiger partial charge is 0.238 e. The Morgan fingerprint density at radius 2 is 1.94 bits per heavy atom. The van der Waals surface area contributed by atoms with Gasteiger partial charge in [0.2, 0.25) is 10.0 Å². The van der Waals surface area contributed by atoms with E-state index in [0.29, 0.717) is 6.54 Å². The topological polar surface area (TPSA) is 72.2 Å². The van der Waals surface area contributed by atoms with E-state index in [0.717, 1.165) is 18.5 Å². The number of hydrogen-bond acceptors (Lipinski definition) is 3. The molecular formula is C11H14N2O2S. The zero-order valence-corrected chi connectivity index (χ0v) is 9.63. The molecule has 0 heterocycles. The molecule has 0 radical (unpaired) electrons. The minimum Gasteiger partial charge on any atom is -0.306 e. The van der Waals surface area contributed by atoms with Gasteiger partial charge in [-0.1, -0.05) is 18.1 Å². The van der Waals surface area contributed by atoms with Crippen molar-refractivity contribution in [3.8, 4) is 12.3 Å². The standard InChI is InChI=1S/C11H14N2O2S/c1-2-8-13-9-7-10-3-5-11(6-4-10)16(12,14)15/h1,3-6,13H,7-9H2,(H2,12,14,15). The van der Waals surface area contributed by atoms with Gasteiger partial charge in [-0.3, -0.25) is 0 Å². The summed E-state index contributed by atoms with van der Waals surface area (Å²) < 4.78 is 22.0. The molecule has 1 aromatic rings. The van der Waals surface area contributed by atoms with Gasteiger partial charge in [-0.05, 0) is 24.1 Å². The molecule has 0 saturated carbocycles. The Balaban J connectivity index is 2.56. The van der Waals surface area contributed by atoms with E-state index in [4.69, 9.17) is 11.6 Å². The van der Waals surface area contributed by atoms with Crippen molar-refractivity contribution in [1.82, 2.24) is 5.32 Å². The highest BCUT2D eigenvalue weighted by atomic mass is 32.2. The fourth-order valence-electron chi connectivity index (χ4n) is 1.24. The Morgan fingerprint density at radius 1 is 1.31 bits per heavy atom. The maximum Gasteiger partial charge on any atom is 0.238 e. The summed E-state index contributed by atoms with van der Waals surface area (Å²) >= 11 is 0. The average Bonchev–Trinajstić information content (AvgIpc) is 2.24. The summed E-state index contributed by atoms with van der Waals surface area (Å²) in [6.07, 6.45) is 5.88. The van der Waals surface area contributed by atoms with Gasteiger partial charge < -0.3 is 5.32 Å². The molecule has 5 heteroatoms. The highest BCUT2D eigenvalue weighted by Gasteiger charge is 2.06. The van der Waals surface area contributed by atoms with Crippen molar-refractivity contribution in [1.29, 1.82) is 0 Å². The Hall–Kier alpha value is -1.35. The first kappa shape index (κ1) is 12.7. The lowest BCUT2D eigenvalue weighted by Crippen LogP contribution is -2.17. The van der Waals surface area contributed by atoms with Crippen LogP contribution < -0.4 is 10.5 Å². The quantitative estimate of drug-likeness (QED) is 0.564. The molecule has 0 aliphatic rings. The van der Waals surface area contributed by atoms with Gasteiger partial charge in [0, 0.05) is 6.54 Å². The summed E-state index contributed by atoms with van der Waals surface area (Å²) in [7, 11) is -3.59. The molecule has 0 aromatic heterocycles. The lowest BCUT2D eigenvalue weighted by atomic mass is 10.1. The summed E-state index contributed by atoms with van der Waals surface area (Å²) in [5.74, 6) is 2.48. The number of terminal acetylenes is 1. The first-order chi connectivity index (χ1) is 7.54. The molecule has 86 valence electrons. The molecule has 0 unspecified atom stereocenters. The van der Waals surface area contributed by atoms with Crippen LogP contribution in [0.3, 0.4) is 0 Å². The summed E-state index contributed by atoms with van der Waals surface area (Å²) in [6.45, 7) is 1.30. The van der Waals surface area contributed by atoms with E-state index in [-0.39, 0.29) is 4.90 Å². The van der Waals surface area contributed by atoms with Gasteiger partial charge >= 0.3 is 0 Å². The second-order valence-electron chi connectivity index (χ2n) is 3.32. The molecular weight excluding hydrogens is 224 g/mol. The van der Waals surface area contributed by atoms with Gasteiger partial charge in [-0.25, -0.2) is 13.6 Å². The van der Waals surface area contributed by atoms with E-state index in [1.54, 1.807) is 12.1 Å². The van der Waals surface area contributed by atoms with Crippen molar-refractivity contribution in [2.24, 2.45) is 5.14 Å². The van der Waals surface area contributed by atoms with Crippen LogP contribution in [0.4, 0.5) is 0 Å². The predicted octanol–water partition coefficient (Wildman–Crippen LogP) is 0.0993. The SMILES string of the molecule is C#CCNCCc1ccc(S(N)(=O)=O)cc1. The van der Waals surface area contributed by atoms with E-state index in [1.165, 1.54) is 12.1 Å². The van der Waals surface area contributed by atoms with Gasteiger partial charge in [0.1, 0.15) is 0 Å². The lowest BCUT2D eigenvalue weighted by Gasteiger charge is -2.03. The highest BCUT2D eigenvalue weighted by molar-refractivity contribution is 7.89. The summed E-state index contributed by atoms with van der Waals surface area (Å²) in [6, 6.07) is 6.51. The minimum absolute atomic E-state index is 0.132. The molecule has 3 N–H and O–H groups in total. The van der Waals surface area contributed by atoms with E-state index < -0.39 is 10.0 Å². The predicted molar refractivity (Wildman–Crippen MR) is 63.2 cm³/mol. The van der Waals surface area contributed by atoms with Crippen LogP contribution in [0, 0.1) is 12.3 Å². The molecule has 0 saturated heterocycles. The molecule has 1 aromatic carbocycles. The van der Waals surface area contributed by atoms with Crippen molar-refractivity contribution in [3.63, 3.8) is 0 Å². The Labute approximate surface area is 95.9 Å². The maximum atomic E-state index is 11.0. The monoisotopic (exact) mass is 238 g/mol. The summed E-state index contributed by atoms with van der Waals surface area (Å²) in [4.78, 5) is 0.132. The number of primary sulfonamides is 1. The number of nitrogens with two attached hydrogens (primary N) is 1. The van der Waals surface area contributed by atoms with Crippen molar-refractivity contribution in [3.05, 3.63) is 29.8 Å². The average molecular weight is 238 g/mol. The minimum atomic E-state index is -3.59. The van der Waals surface area contributed by atoms with Crippen LogP contribution in [0.15, 0.2) is 29.2 Å². The molecule has 0 fully saturated rings. The van der Waals surface area contributed by atoms with E-state index in [1.807, 2.05) is 0 Å². The Bertz CT molecular complexity index is 472. The number of nitrogens with one attached hydrogen (secondary N) is 1. The van der Waals surface area contributed by atoms with Crippen LogP contribution in [0.5, 0.6) is 0 Å². The van der Waals surface area contributed by atoms with Crippen molar-refractivity contribution < 1.29 is 8.42 Å². The molecule has 0 aliphatic heterocycles. The van der Waals surface area contributed by atoms with Gasteiger partial charge in [-0.15, -0.1) is 6.42 Å². The van der Waals surface area contributed by atoms with Crippen LogP contribution in [0.1, 0.15) is 5.56 Å². The van der Waals surface area contributed by atoms with Crippen LogP contribution in [0.25, 0.3) is 0 Å². The molecule has 4 nitrogen and oxygen atoms in total. The van der Waals surface area contributed by atoms with Gasteiger partial charge in [-0.2, -0.15) is 0 Å². The Kier molecular flexibility index (Phi) is 4.50. The van der Waals surface area contributed by atoms with Gasteiger partial charge in [0.15, 0.2) is 0 Å². The fraction of sp³-hybridized carbons (Fsp3) is 0.273. The third-order valence-electron chi connectivity index (χ3n) is 2.07. The fourth-order valence-corrected chi connectivity index (χ4v) is 1.75. The van der Waals surface area contributed by atoms with Crippen LogP contribution >= 0.6 is 0 Å².